The largest absolute Gasteiger partial charge is 0.318 e. The first kappa shape index (κ1) is 23.2. The molecule has 1 aromatic heterocycles. The average Bonchev–Trinajstić information content (AvgIpc) is 3.18. The van der Waals surface area contributed by atoms with Gasteiger partial charge in [-0.15, -0.1) is 0 Å². The maximum Gasteiger partial charge on any atom is 0.182 e. The van der Waals surface area contributed by atoms with Crippen LogP contribution in [0.15, 0.2) is 78.1 Å². The van der Waals surface area contributed by atoms with E-state index in [2.05, 4.69) is 0 Å². The molecule has 0 spiro atoms. The highest BCUT2D eigenvalue weighted by atomic mass is 35.5. The predicted octanol–water partition coefficient (Wildman–Crippen LogP) is 8.34. The highest BCUT2D eigenvalue weighted by Crippen LogP contribution is 2.30. The zero-order chi connectivity index (χ0) is 22.7. The van der Waals surface area contributed by atoms with Crippen LogP contribution in [-0.2, 0) is 12.3 Å². The molecule has 3 aromatic carbocycles. The van der Waals surface area contributed by atoms with Crippen LogP contribution in [0.3, 0.4) is 0 Å². The molecular weight excluding hydrogens is 506 g/mol. The summed E-state index contributed by atoms with van der Waals surface area (Å²) in [6, 6.07) is 19.9. The summed E-state index contributed by atoms with van der Waals surface area (Å²) in [7, 11) is 0. The highest BCUT2D eigenvalue weighted by molar-refractivity contribution is 7.98. The third kappa shape index (κ3) is 5.69. The summed E-state index contributed by atoms with van der Waals surface area (Å²) in [4.78, 5) is 17.7. The van der Waals surface area contributed by atoms with E-state index in [1.807, 2.05) is 47.2 Å². The molecule has 0 aliphatic rings. The van der Waals surface area contributed by atoms with Gasteiger partial charge in [0.25, 0.3) is 0 Å². The zero-order valence-electron chi connectivity index (χ0n) is 16.6. The van der Waals surface area contributed by atoms with Gasteiger partial charge in [-0.2, -0.15) is 0 Å². The topological polar surface area (TPSA) is 34.9 Å². The van der Waals surface area contributed by atoms with Crippen LogP contribution < -0.4 is 0 Å². The lowest BCUT2D eigenvalue weighted by atomic mass is 10.1. The fourth-order valence-corrected chi connectivity index (χ4v) is 4.54. The Bertz CT molecular complexity index is 1250. The van der Waals surface area contributed by atoms with E-state index in [-0.39, 0.29) is 12.3 Å². The van der Waals surface area contributed by atoms with Crippen LogP contribution in [0.25, 0.3) is 11.3 Å². The summed E-state index contributed by atoms with van der Waals surface area (Å²) in [5, 5.41) is 2.99. The fraction of sp³-hybridized carbons (Fsp3) is 0.0833. The lowest BCUT2D eigenvalue weighted by Crippen LogP contribution is -2.10. The molecule has 162 valence electrons. The highest BCUT2D eigenvalue weighted by Gasteiger charge is 2.15. The molecule has 0 saturated heterocycles. The third-order valence-electron chi connectivity index (χ3n) is 4.71. The van der Waals surface area contributed by atoms with Gasteiger partial charge < -0.3 is 4.57 Å². The van der Waals surface area contributed by atoms with Crippen molar-refractivity contribution in [1.29, 1.82) is 0 Å². The van der Waals surface area contributed by atoms with Gasteiger partial charge in [0.1, 0.15) is 0 Å². The summed E-state index contributed by atoms with van der Waals surface area (Å²) in [6.45, 7) is 0.159. The predicted molar refractivity (Wildman–Crippen MR) is 134 cm³/mol. The van der Waals surface area contributed by atoms with Crippen molar-refractivity contribution in [2.45, 2.75) is 17.5 Å². The molecule has 3 nitrogen and oxygen atoms in total. The second-order valence-corrected chi connectivity index (χ2v) is 9.64. The van der Waals surface area contributed by atoms with Crippen molar-refractivity contribution in [1.82, 2.24) is 9.55 Å². The van der Waals surface area contributed by atoms with E-state index in [1.165, 1.54) is 11.8 Å². The van der Waals surface area contributed by atoms with Gasteiger partial charge in [0.15, 0.2) is 10.9 Å². The van der Waals surface area contributed by atoms with E-state index in [0.717, 1.165) is 22.0 Å². The molecule has 0 radical (unpaired) electrons. The Morgan fingerprint density at radius 1 is 0.844 bits per heavy atom. The molecule has 0 atom stereocenters. The number of benzene rings is 3. The fourth-order valence-electron chi connectivity index (χ4n) is 3.05. The Hall–Kier alpha value is -1.95. The minimum Gasteiger partial charge on any atom is -0.318 e. The van der Waals surface area contributed by atoms with Crippen molar-refractivity contribution in [2.24, 2.45) is 0 Å². The van der Waals surface area contributed by atoms with Gasteiger partial charge in [0, 0.05) is 33.1 Å². The number of carbonyl (C=O) groups excluding carboxylic acids is 1. The number of Topliss-reactive ketones (excluding diaryl/α,β-unsaturated/α-hetero) is 1. The number of carbonyl (C=O) groups is 1. The second kappa shape index (κ2) is 10.3. The van der Waals surface area contributed by atoms with E-state index < -0.39 is 0 Å². The Morgan fingerprint density at radius 2 is 1.50 bits per heavy atom. The van der Waals surface area contributed by atoms with E-state index in [1.54, 1.807) is 30.3 Å². The first-order valence-electron chi connectivity index (χ1n) is 9.57. The third-order valence-corrected chi connectivity index (χ3v) is 7.02. The molecule has 0 unspecified atom stereocenters. The maximum atomic E-state index is 12.9. The molecule has 0 aliphatic carbocycles. The van der Waals surface area contributed by atoms with Crippen LogP contribution in [0.2, 0.25) is 20.1 Å². The SMILES string of the molecule is O=C(Cn1cc(-c2ccc(Cl)cc2)nc1SCc1ccc(Cl)c(Cl)c1)c1ccc(Cl)cc1. The Kier molecular flexibility index (Phi) is 7.49. The quantitative estimate of drug-likeness (QED) is 0.181. The molecule has 8 heteroatoms. The zero-order valence-corrected chi connectivity index (χ0v) is 20.4. The number of imidazole rings is 1. The van der Waals surface area contributed by atoms with E-state index >= 15 is 0 Å². The van der Waals surface area contributed by atoms with Gasteiger partial charge >= 0.3 is 0 Å². The number of thioether (sulfide) groups is 1. The van der Waals surface area contributed by atoms with Crippen LogP contribution in [0.4, 0.5) is 0 Å². The minimum atomic E-state index is -0.0295. The number of halogens is 4. The lowest BCUT2D eigenvalue weighted by molar-refractivity contribution is 0.0969. The van der Waals surface area contributed by atoms with Crippen molar-refractivity contribution in [2.75, 3.05) is 0 Å². The van der Waals surface area contributed by atoms with Crippen LogP contribution in [0, 0.1) is 0 Å². The molecule has 0 bridgehead atoms. The summed E-state index contributed by atoms with van der Waals surface area (Å²) in [5.74, 6) is 0.599. The van der Waals surface area contributed by atoms with Gasteiger partial charge in [-0.3, -0.25) is 4.79 Å². The minimum absolute atomic E-state index is 0.0295. The molecule has 4 rings (SSSR count). The number of ketones is 1. The molecule has 32 heavy (non-hydrogen) atoms. The van der Waals surface area contributed by atoms with Crippen molar-refractivity contribution >= 4 is 63.9 Å². The van der Waals surface area contributed by atoms with Gasteiger partial charge in [0.05, 0.1) is 22.3 Å². The van der Waals surface area contributed by atoms with Crippen molar-refractivity contribution in [3.8, 4) is 11.3 Å². The Morgan fingerprint density at radius 3 is 2.16 bits per heavy atom. The smallest absolute Gasteiger partial charge is 0.182 e. The lowest BCUT2D eigenvalue weighted by Gasteiger charge is -2.08. The van der Waals surface area contributed by atoms with Gasteiger partial charge in [-0.05, 0) is 54.1 Å². The molecule has 4 aromatic rings. The standard InChI is InChI=1S/C24H16Cl4N2OS/c25-18-6-2-16(3-7-18)22-12-30(13-23(31)17-4-8-19(26)9-5-17)24(29-22)32-14-15-1-10-20(27)21(28)11-15/h1-12H,13-14H2. The number of hydrogen-bond donors (Lipinski definition) is 0. The first-order chi connectivity index (χ1) is 15.4. The van der Waals surface area contributed by atoms with Crippen molar-refractivity contribution in [3.63, 3.8) is 0 Å². The normalized spacial score (nSPS) is 11.0. The first-order valence-corrected chi connectivity index (χ1v) is 12.1. The summed E-state index contributed by atoms with van der Waals surface area (Å²) in [5.41, 5.74) is 3.29. The van der Waals surface area contributed by atoms with E-state index in [4.69, 9.17) is 51.4 Å². The summed E-state index contributed by atoms with van der Waals surface area (Å²) < 4.78 is 1.86. The molecule has 0 fully saturated rings. The number of rotatable bonds is 7. The van der Waals surface area contributed by atoms with E-state index in [0.29, 0.717) is 31.4 Å². The molecule has 0 aliphatic heterocycles. The van der Waals surface area contributed by atoms with Crippen molar-refractivity contribution < 1.29 is 4.79 Å². The number of hydrogen-bond acceptors (Lipinski definition) is 3. The van der Waals surface area contributed by atoms with Crippen LogP contribution in [0.1, 0.15) is 15.9 Å². The van der Waals surface area contributed by atoms with Crippen LogP contribution in [-0.4, -0.2) is 15.3 Å². The molecule has 0 amide bonds. The maximum absolute atomic E-state index is 12.9. The Labute approximate surface area is 210 Å². The molecule has 1 heterocycles. The Balaban J connectivity index is 1.61. The van der Waals surface area contributed by atoms with Gasteiger partial charge in [-0.1, -0.05) is 76.4 Å². The summed E-state index contributed by atoms with van der Waals surface area (Å²) >= 11 is 25.7. The molecular formula is C24H16Cl4N2OS. The average molecular weight is 522 g/mol. The molecule has 0 N–H and O–H groups in total. The monoisotopic (exact) mass is 520 g/mol. The number of nitrogens with zero attached hydrogens (tertiary/aromatic N) is 2. The second-order valence-electron chi connectivity index (χ2n) is 7.01. The van der Waals surface area contributed by atoms with Gasteiger partial charge in [-0.25, -0.2) is 4.98 Å². The van der Waals surface area contributed by atoms with Crippen molar-refractivity contribution in [3.05, 3.63) is 104 Å². The van der Waals surface area contributed by atoms with Gasteiger partial charge in [0.2, 0.25) is 0 Å². The molecule has 0 saturated carbocycles. The van der Waals surface area contributed by atoms with Crippen LogP contribution in [0.5, 0.6) is 0 Å². The summed E-state index contributed by atoms with van der Waals surface area (Å²) in [6.07, 6.45) is 1.88. The van der Waals surface area contributed by atoms with Crippen LogP contribution >= 0.6 is 58.2 Å². The van der Waals surface area contributed by atoms with E-state index in [9.17, 15) is 4.79 Å². The number of aromatic nitrogens is 2.